The highest BCUT2D eigenvalue weighted by Gasteiger charge is 2.15. The molecule has 0 aliphatic carbocycles. The maximum Gasteiger partial charge on any atom is 0.253 e. The van der Waals surface area contributed by atoms with E-state index in [2.05, 4.69) is 48.4 Å². The minimum absolute atomic E-state index is 0.0811. The van der Waals surface area contributed by atoms with Crippen molar-refractivity contribution in [1.29, 1.82) is 0 Å². The minimum Gasteiger partial charge on any atom is -0.340 e. The van der Waals surface area contributed by atoms with Crippen LogP contribution in [-0.4, -0.2) is 15.0 Å². The Labute approximate surface area is 193 Å². The fraction of sp³-hybridized carbons (Fsp3) is 0.185. The predicted molar refractivity (Wildman–Crippen MR) is 137 cm³/mol. The number of aryl methyl sites for hydroxylation is 3. The van der Waals surface area contributed by atoms with Gasteiger partial charge in [-0.05, 0) is 73.3 Å². The molecule has 0 saturated carbocycles. The summed E-state index contributed by atoms with van der Waals surface area (Å²) < 4.78 is 0. The van der Waals surface area contributed by atoms with E-state index in [0.29, 0.717) is 23.8 Å². The monoisotopic (exact) mass is 441 g/mol. The van der Waals surface area contributed by atoms with Crippen LogP contribution in [0.1, 0.15) is 27.8 Å². The predicted octanol–water partition coefficient (Wildman–Crippen LogP) is 5.85. The first-order valence-electron chi connectivity index (χ1n) is 10.7. The lowest BCUT2D eigenvalue weighted by Gasteiger charge is -2.26. The van der Waals surface area contributed by atoms with Gasteiger partial charge in [0.2, 0.25) is 0 Å². The number of hydrogen-bond acceptors (Lipinski definition) is 2. The molecule has 2 N–H and O–H groups in total. The highest BCUT2D eigenvalue weighted by molar-refractivity contribution is 7.80. The number of thiocarbonyl (C=S) groups is 1. The summed E-state index contributed by atoms with van der Waals surface area (Å²) in [6, 6.07) is 24.4. The lowest BCUT2D eigenvalue weighted by molar-refractivity contribution is 0.411. The van der Waals surface area contributed by atoms with Crippen LogP contribution in [0.4, 0.5) is 5.69 Å². The Morgan fingerprint density at radius 3 is 2.38 bits per heavy atom. The first-order chi connectivity index (χ1) is 15.4. The molecule has 1 aromatic heterocycles. The van der Waals surface area contributed by atoms with Crippen LogP contribution in [-0.2, 0) is 13.1 Å². The molecule has 0 aliphatic rings. The van der Waals surface area contributed by atoms with E-state index in [0.717, 1.165) is 33.3 Å². The number of aromatic amines is 1. The molecule has 4 aromatic rings. The molecule has 162 valence electrons. The molecule has 0 bridgehead atoms. The zero-order chi connectivity index (χ0) is 22.7. The van der Waals surface area contributed by atoms with E-state index < -0.39 is 0 Å². The van der Waals surface area contributed by atoms with Crippen LogP contribution >= 0.6 is 12.2 Å². The van der Waals surface area contributed by atoms with Gasteiger partial charge >= 0.3 is 0 Å². The normalized spacial score (nSPS) is 10.8. The first-order valence-corrected chi connectivity index (χ1v) is 11.1. The van der Waals surface area contributed by atoms with E-state index in [1.54, 1.807) is 0 Å². The second kappa shape index (κ2) is 9.37. The van der Waals surface area contributed by atoms with Gasteiger partial charge in [-0.3, -0.25) is 4.79 Å². The quantitative estimate of drug-likeness (QED) is 0.381. The SMILES string of the molecule is Cc1ccc(NC(=S)N(Cc2ccccc2)Cc2cc3ccc(C)c(C)c3[nH]c2=O)cc1. The van der Waals surface area contributed by atoms with Gasteiger partial charge in [0.1, 0.15) is 0 Å². The zero-order valence-electron chi connectivity index (χ0n) is 18.6. The summed E-state index contributed by atoms with van der Waals surface area (Å²) in [5.74, 6) is 0. The molecule has 3 aromatic carbocycles. The molecular formula is C27H27N3OS. The van der Waals surface area contributed by atoms with Gasteiger partial charge in [0.05, 0.1) is 12.1 Å². The van der Waals surface area contributed by atoms with Crippen molar-refractivity contribution in [3.8, 4) is 0 Å². The number of H-pyrrole nitrogens is 1. The third kappa shape index (κ3) is 4.89. The second-order valence-corrected chi connectivity index (χ2v) is 8.62. The number of aromatic nitrogens is 1. The summed E-state index contributed by atoms with van der Waals surface area (Å²) >= 11 is 5.77. The molecule has 4 nitrogen and oxygen atoms in total. The van der Waals surface area contributed by atoms with E-state index in [-0.39, 0.29) is 5.56 Å². The first kappa shape index (κ1) is 21.8. The number of benzene rings is 3. The molecule has 0 fully saturated rings. The lowest BCUT2D eigenvalue weighted by Crippen LogP contribution is -2.35. The highest BCUT2D eigenvalue weighted by atomic mass is 32.1. The van der Waals surface area contributed by atoms with Crippen molar-refractivity contribution in [3.63, 3.8) is 0 Å². The summed E-state index contributed by atoms with van der Waals surface area (Å²) in [5, 5.41) is 4.94. The average Bonchev–Trinajstić information content (AvgIpc) is 2.79. The Morgan fingerprint density at radius 2 is 1.66 bits per heavy atom. The van der Waals surface area contributed by atoms with Crippen LogP contribution in [0.3, 0.4) is 0 Å². The van der Waals surface area contributed by atoms with Crippen LogP contribution in [0, 0.1) is 20.8 Å². The van der Waals surface area contributed by atoms with E-state index in [4.69, 9.17) is 12.2 Å². The van der Waals surface area contributed by atoms with E-state index in [1.165, 1.54) is 5.56 Å². The standard InChI is InChI=1S/C27H27N3OS/c1-18-9-13-24(14-10-18)28-27(32)30(16-21-7-5-4-6-8-21)17-23-15-22-12-11-19(2)20(3)25(22)29-26(23)31/h4-15H,16-17H2,1-3H3,(H,28,32)(H,29,31). The summed E-state index contributed by atoms with van der Waals surface area (Å²) in [4.78, 5) is 18.1. The van der Waals surface area contributed by atoms with Crippen molar-refractivity contribution in [3.05, 3.63) is 111 Å². The molecule has 0 spiro atoms. The number of pyridine rings is 1. The molecule has 0 aliphatic heterocycles. The lowest BCUT2D eigenvalue weighted by atomic mass is 10.0. The molecule has 4 rings (SSSR count). The molecule has 5 heteroatoms. The van der Waals surface area contributed by atoms with Gasteiger partial charge in [-0.1, -0.05) is 60.2 Å². The zero-order valence-corrected chi connectivity index (χ0v) is 19.4. The van der Waals surface area contributed by atoms with Crippen molar-refractivity contribution in [2.75, 3.05) is 5.32 Å². The third-order valence-electron chi connectivity index (χ3n) is 5.80. The van der Waals surface area contributed by atoms with Crippen LogP contribution in [0.25, 0.3) is 10.9 Å². The van der Waals surface area contributed by atoms with Crippen LogP contribution in [0.5, 0.6) is 0 Å². The van der Waals surface area contributed by atoms with Gasteiger partial charge in [0, 0.05) is 17.8 Å². The maximum absolute atomic E-state index is 13.0. The molecule has 0 amide bonds. The highest BCUT2D eigenvalue weighted by Crippen LogP contribution is 2.20. The Morgan fingerprint density at radius 1 is 0.938 bits per heavy atom. The Kier molecular flexibility index (Phi) is 6.37. The van der Waals surface area contributed by atoms with Crippen LogP contribution in [0.2, 0.25) is 0 Å². The fourth-order valence-corrected chi connectivity index (χ4v) is 3.98. The topological polar surface area (TPSA) is 48.1 Å². The van der Waals surface area contributed by atoms with E-state index >= 15 is 0 Å². The number of hydrogen-bond donors (Lipinski definition) is 2. The molecule has 0 radical (unpaired) electrons. The van der Waals surface area contributed by atoms with Gasteiger partial charge < -0.3 is 15.2 Å². The van der Waals surface area contributed by atoms with Gasteiger partial charge in [-0.25, -0.2) is 0 Å². The molecule has 0 atom stereocenters. The molecule has 1 heterocycles. The van der Waals surface area contributed by atoms with Crippen molar-refractivity contribution >= 4 is 33.9 Å². The fourth-order valence-electron chi connectivity index (χ4n) is 3.74. The van der Waals surface area contributed by atoms with Gasteiger partial charge in [-0.2, -0.15) is 0 Å². The van der Waals surface area contributed by atoms with E-state index in [1.807, 2.05) is 60.4 Å². The number of nitrogens with zero attached hydrogens (tertiary/aromatic N) is 1. The molecule has 0 saturated heterocycles. The number of anilines is 1. The summed E-state index contributed by atoms with van der Waals surface area (Å²) in [5.41, 5.74) is 7.01. The largest absolute Gasteiger partial charge is 0.340 e. The maximum atomic E-state index is 13.0. The smallest absolute Gasteiger partial charge is 0.253 e. The Balaban J connectivity index is 1.66. The molecule has 32 heavy (non-hydrogen) atoms. The van der Waals surface area contributed by atoms with Crippen molar-refractivity contribution in [1.82, 2.24) is 9.88 Å². The van der Waals surface area contributed by atoms with Crippen molar-refractivity contribution in [2.24, 2.45) is 0 Å². The van der Waals surface area contributed by atoms with Crippen molar-refractivity contribution in [2.45, 2.75) is 33.9 Å². The second-order valence-electron chi connectivity index (χ2n) is 8.23. The molecular weight excluding hydrogens is 414 g/mol. The Bertz CT molecular complexity index is 1310. The Hall–Kier alpha value is -3.44. The minimum atomic E-state index is -0.0811. The van der Waals surface area contributed by atoms with Crippen LogP contribution < -0.4 is 10.9 Å². The van der Waals surface area contributed by atoms with Gasteiger partial charge in [-0.15, -0.1) is 0 Å². The number of rotatable bonds is 5. The summed E-state index contributed by atoms with van der Waals surface area (Å²) in [6.45, 7) is 7.15. The van der Waals surface area contributed by atoms with Gasteiger partial charge in [0.15, 0.2) is 5.11 Å². The van der Waals surface area contributed by atoms with Crippen molar-refractivity contribution < 1.29 is 0 Å². The number of fused-ring (bicyclic) bond motifs is 1. The number of nitrogens with one attached hydrogen (secondary N) is 2. The van der Waals surface area contributed by atoms with Crippen LogP contribution in [0.15, 0.2) is 77.6 Å². The average molecular weight is 442 g/mol. The van der Waals surface area contributed by atoms with Gasteiger partial charge in [0.25, 0.3) is 5.56 Å². The van der Waals surface area contributed by atoms with E-state index in [9.17, 15) is 4.79 Å². The third-order valence-corrected chi connectivity index (χ3v) is 6.16. The summed E-state index contributed by atoms with van der Waals surface area (Å²) in [7, 11) is 0. The molecule has 0 unspecified atom stereocenters. The summed E-state index contributed by atoms with van der Waals surface area (Å²) in [6.07, 6.45) is 0.